The topological polar surface area (TPSA) is 89.7 Å². The van der Waals surface area contributed by atoms with Crippen LogP contribution in [0.1, 0.15) is 35.5 Å². The minimum atomic E-state index is -0.501. The van der Waals surface area contributed by atoms with E-state index in [9.17, 15) is 4.39 Å². The van der Waals surface area contributed by atoms with Crippen LogP contribution in [-0.2, 0) is 6.54 Å². The van der Waals surface area contributed by atoms with Crippen LogP contribution in [0.5, 0.6) is 5.75 Å². The van der Waals surface area contributed by atoms with Gasteiger partial charge in [0, 0.05) is 36.1 Å². The van der Waals surface area contributed by atoms with Crippen molar-refractivity contribution in [3.63, 3.8) is 0 Å². The van der Waals surface area contributed by atoms with Crippen molar-refractivity contribution < 1.29 is 9.13 Å². The largest absolute Gasteiger partial charge is 0.486 e. The van der Waals surface area contributed by atoms with Crippen molar-refractivity contribution in [2.45, 2.75) is 19.6 Å². The number of pyridine rings is 2. The molecule has 0 aliphatic rings. The van der Waals surface area contributed by atoms with Crippen molar-refractivity contribution in [2.75, 3.05) is 0 Å². The number of nitrogens with two attached hydrogens (primary N) is 1. The Labute approximate surface area is 187 Å². The highest BCUT2D eigenvalue weighted by Gasteiger charge is 2.17. The summed E-state index contributed by atoms with van der Waals surface area (Å²) in [6.45, 7) is 2.15. The summed E-state index contributed by atoms with van der Waals surface area (Å²) in [4.78, 5) is 8.13. The monoisotopic (exact) mass is 457 g/mol. The van der Waals surface area contributed by atoms with Crippen molar-refractivity contribution in [1.29, 1.82) is 0 Å². The van der Waals surface area contributed by atoms with E-state index in [-0.39, 0.29) is 5.69 Å². The van der Waals surface area contributed by atoms with Gasteiger partial charge in [0.15, 0.2) is 5.83 Å². The lowest BCUT2D eigenvalue weighted by Crippen LogP contribution is -2.05. The van der Waals surface area contributed by atoms with E-state index < -0.39 is 11.9 Å². The van der Waals surface area contributed by atoms with Gasteiger partial charge in [0.25, 0.3) is 0 Å². The number of halogens is 3. The second-order valence-corrected chi connectivity index (χ2v) is 7.65. The molecule has 0 fully saturated rings. The molecule has 3 heterocycles. The van der Waals surface area contributed by atoms with Gasteiger partial charge in [0.05, 0.1) is 21.3 Å². The van der Waals surface area contributed by atoms with E-state index in [1.165, 1.54) is 18.5 Å². The fourth-order valence-corrected chi connectivity index (χ4v) is 3.85. The second-order valence-electron chi connectivity index (χ2n) is 6.84. The Kier molecular flexibility index (Phi) is 6.18. The quantitative estimate of drug-likeness (QED) is 0.386. The normalized spacial score (nSPS) is 12.9. The summed E-state index contributed by atoms with van der Waals surface area (Å²) in [5.74, 6) is 0.0207. The first kappa shape index (κ1) is 21.2. The first-order valence-corrected chi connectivity index (χ1v) is 10.2. The maximum absolute atomic E-state index is 15.0. The maximum Gasteiger partial charge on any atom is 0.151 e. The zero-order valence-corrected chi connectivity index (χ0v) is 18.0. The van der Waals surface area contributed by atoms with Gasteiger partial charge in [-0.15, -0.1) is 0 Å². The summed E-state index contributed by atoms with van der Waals surface area (Å²) in [6.07, 6.45) is 5.51. The Hall–Kier alpha value is -3.00. The smallest absolute Gasteiger partial charge is 0.151 e. The Balaban J connectivity index is 1.63. The highest BCUT2D eigenvalue weighted by atomic mass is 35.5. The Bertz CT molecular complexity index is 1240. The van der Waals surface area contributed by atoms with Gasteiger partial charge in [0.2, 0.25) is 0 Å². The molecule has 3 aromatic heterocycles. The van der Waals surface area contributed by atoms with Gasteiger partial charge in [-0.25, -0.2) is 4.39 Å². The molecule has 158 valence electrons. The number of rotatable bonds is 6. The molecule has 9 heteroatoms. The van der Waals surface area contributed by atoms with Gasteiger partial charge >= 0.3 is 0 Å². The molecule has 31 heavy (non-hydrogen) atoms. The summed E-state index contributed by atoms with van der Waals surface area (Å²) in [5, 5.41) is 8.35. The minimum absolute atomic E-state index is 0.177. The van der Waals surface area contributed by atoms with Crippen LogP contribution in [0.2, 0.25) is 10.0 Å². The predicted molar refractivity (Wildman–Crippen MR) is 121 cm³/mol. The van der Waals surface area contributed by atoms with Crippen molar-refractivity contribution in [2.24, 2.45) is 5.73 Å². The molecular weight excluding hydrogens is 440 g/mol. The maximum atomic E-state index is 15.0. The lowest BCUT2D eigenvalue weighted by Gasteiger charge is -2.17. The van der Waals surface area contributed by atoms with Crippen LogP contribution in [0.15, 0.2) is 48.9 Å². The number of ether oxygens (including phenoxy) is 1. The number of fused-ring (bicyclic) bond motifs is 1. The lowest BCUT2D eigenvalue weighted by atomic mass is 10.1. The van der Waals surface area contributed by atoms with Gasteiger partial charge in [-0.05, 0) is 42.8 Å². The SMILES string of the molecule is CC(Oc1ccc2[nH]nc(/C(F)=C/c3ccc(CN)nc3)c2c1)c1c(Cl)cncc1Cl. The summed E-state index contributed by atoms with van der Waals surface area (Å²) >= 11 is 12.4. The molecule has 0 saturated heterocycles. The molecule has 1 atom stereocenters. The molecule has 4 rings (SSSR count). The van der Waals surface area contributed by atoms with E-state index in [1.54, 1.807) is 36.5 Å². The van der Waals surface area contributed by atoms with E-state index >= 15 is 0 Å². The van der Waals surface area contributed by atoms with Gasteiger partial charge < -0.3 is 10.5 Å². The summed E-state index contributed by atoms with van der Waals surface area (Å²) in [7, 11) is 0. The van der Waals surface area contributed by atoms with Crippen LogP contribution < -0.4 is 10.5 Å². The molecule has 0 amide bonds. The van der Waals surface area contributed by atoms with Crippen LogP contribution >= 0.6 is 23.2 Å². The number of hydrogen-bond acceptors (Lipinski definition) is 5. The average molecular weight is 458 g/mol. The van der Waals surface area contributed by atoms with Crippen LogP contribution in [0, 0.1) is 0 Å². The van der Waals surface area contributed by atoms with E-state index in [4.69, 9.17) is 33.7 Å². The highest BCUT2D eigenvalue weighted by molar-refractivity contribution is 6.35. The van der Waals surface area contributed by atoms with E-state index in [1.807, 2.05) is 6.92 Å². The van der Waals surface area contributed by atoms with E-state index in [2.05, 4.69) is 20.2 Å². The molecule has 0 saturated carbocycles. The number of H-pyrrole nitrogens is 1. The first-order valence-electron chi connectivity index (χ1n) is 9.42. The third-order valence-electron chi connectivity index (χ3n) is 4.72. The first-order chi connectivity index (χ1) is 15.0. The van der Waals surface area contributed by atoms with Crippen LogP contribution in [0.3, 0.4) is 0 Å². The van der Waals surface area contributed by atoms with Crippen molar-refractivity contribution >= 4 is 46.0 Å². The third-order valence-corrected chi connectivity index (χ3v) is 5.32. The van der Waals surface area contributed by atoms with Crippen molar-refractivity contribution in [3.8, 4) is 5.75 Å². The van der Waals surface area contributed by atoms with Crippen molar-refractivity contribution in [1.82, 2.24) is 20.2 Å². The number of hydrogen-bond donors (Lipinski definition) is 2. The Morgan fingerprint density at radius 2 is 1.97 bits per heavy atom. The number of aromatic nitrogens is 4. The number of benzene rings is 1. The number of nitrogens with zero attached hydrogens (tertiary/aromatic N) is 3. The van der Waals surface area contributed by atoms with Gasteiger partial charge in [-0.1, -0.05) is 29.3 Å². The highest BCUT2D eigenvalue weighted by Crippen LogP contribution is 2.34. The second kappa shape index (κ2) is 9.01. The van der Waals surface area contributed by atoms with Gasteiger partial charge in [-0.2, -0.15) is 5.10 Å². The fraction of sp³-hybridized carbons (Fsp3) is 0.136. The molecule has 0 radical (unpaired) electrons. The Morgan fingerprint density at radius 3 is 2.65 bits per heavy atom. The molecule has 1 unspecified atom stereocenters. The van der Waals surface area contributed by atoms with Crippen LogP contribution in [0.4, 0.5) is 4.39 Å². The molecular formula is C22H18Cl2FN5O. The Morgan fingerprint density at radius 1 is 1.19 bits per heavy atom. The van der Waals surface area contributed by atoms with Crippen LogP contribution in [-0.4, -0.2) is 20.2 Å². The number of nitrogens with one attached hydrogen (secondary N) is 1. The summed E-state index contributed by atoms with van der Waals surface area (Å²) in [6, 6.07) is 8.76. The number of aromatic amines is 1. The zero-order valence-electron chi connectivity index (χ0n) is 16.4. The standard InChI is InChI=1S/C22H18Cl2FN5O/c1-12(21-17(23)10-27-11-18(21)24)31-15-4-5-20-16(7-15)22(30-29-20)19(25)6-13-2-3-14(8-26)28-9-13/h2-7,9-12H,8,26H2,1H3,(H,29,30)/b19-6-. The third kappa shape index (κ3) is 4.54. The molecule has 6 nitrogen and oxygen atoms in total. The molecule has 0 aliphatic heterocycles. The van der Waals surface area contributed by atoms with Gasteiger partial charge in [-0.3, -0.25) is 15.1 Å². The molecule has 0 spiro atoms. The molecule has 3 N–H and O–H groups in total. The fourth-order valence-electron chi connectivity index (χ4n) is 3.18. The van der Waals surface area contributed by atoms with E-state index in [0.717, 1.165) is 5.69 Å². The molecule has 0 aliphatic carbocycles. The lowest BCUT2D eigenvalue weighted by molar-refractivity contribution is 0.227. The molecule has 0 bridgehead atoms. The molecule has 1 aromatic carbocycles. The minimum Gasteiger partial charge on any atom is -0.486 e. The van der Waals surface area contributed by atoms with E-state index in [0.29, 0.717) is 44.4 Å². The molecule has 4 aromatic rings. The zero-order chi connectivity index (χ0) is 22.0. The summed E-state index contributed by atoms with van der Waals surface area (Å²) in [5.41, 5.74) is 8.36. The average Bonchev–Trinajstić information content (AvgIpc) is 3.17. The predicted octanol–water partition coefficient (Wildman–Crippen LogP) is 5.73. The summed E-state index contributed by atoms with van der Waals surface area (Å²) < 4.78 is 21.0. The van der Waals surface area contributed by atoms with Crippen molar-refractivity contribution in [3.05, 3.63) is 81.5 Å². The van der Waals surface area contributed by atoms with Crippen LogP contribution in [0.25, 0.3) is 22.8 Å². The van der Waals surface area contributed by atoms with Gasteiger partial charge in [0.1, 0.15) is 17.5 Å².